The minimum Gasteiger partial charge on any atom is -0.360 e. The predicted octanol–water partition coefficient (Wildman–Crippen LogP) is 4.26. The van der Waals surface area contributed by atoms with E-state index in [1.165, 1.54) is 12.3 Å². The average molecular weight is 404 g/mol. The topological polar surface area (TPSA) is 65.2 Å². The molecule has 0 fully saturated rings. The zero-order chi connectivity index (χ0) is 19.6. The second-order valence-corrected chi connectivity index (χ2v) is 7.15. The molecule has 140 valence electrons. The van der Waals surface area contributed by atoms with Crippen molar-refractivity contribution in [1.82, 2.24) is 14.7 Å². The number of benzene rings is 2. The maximum atomic E-state index is 12.7. The first-order valence-electron chi connectivity index (χ1n) is 8.45. The highest BCUT2D eigenvalue weighted by Gasteiger charge is 2.19. The molecule has 27 heavy (non-hydrogen) atoms. The lowest BCUT2D eigenvalue weighted by molar-refractivity contribution is 0.0856. The lowest BCUT2D eigenvalue weighted by Gasteiger charge is -2.16. The van der Waals surface area contributed by atoms with Crippen LogP contribution in [0.15, 0.2) is 53.5 Å². The Morgan fingerprint density at radius 3 is 2.78 bits per heavy atom. The van der Waals surface area contributed by atoms with Gasteiger partial charge < -0.3 is 10.3 Å². The molecule has 0 bridgehead atoms. The van der Waals surface area contributed by atoms with Crippen molar-refractivity contribution in [3.8, 4) is 0 Å². The molecule has 5 nitrogen and oxygen atoms in total. The summed E-state index contributed by atoms with van der Waals surface area (Å²) in [6.45, 7) is 2.22. The van der Waals surface area contributed by atoms with Crippen LogP contribution in [0.3, 0.4) is 0 Å². The molecule has 7 heteroatoms. The van der Waals surface area contributed by atoms with Gasteiger partial charge in [-0.1, -0.05) is 35.9 Å². The third-order valence-electron chi connectivity index (χ3n) is 4.50. The summed E-state index contributed by atoms with van der Waals surface area (Å²) in [6.07, 6.45) is 1.38. The highest BCUT2D eigenvalue weighted by Crippen LogP contribution is 2.18. The quantitative estimate of drug-likeness (QED) is 0.625. The van der Waals surface area contributed by atoms with E-state index in [2.05, 4.69) is 10.3 Å². The van der Waals surface area contributed by atoms with Gasteiger partial charge in [-0.25, -0.2) is 4.42 Å². The van der Waals surface area contributed by atoms with Crippen LogP contribution in [0.1, 0.15) is 34.5 Å². The molecule has 1 heterocycles. The first kappa shape index (κ1) is 19.4. The van der Waals surface area contributed by atoms with Crippen LogP contribution >= 0.6 is 23.4 Å². The van der Waals surface area contributed by atoms with Crippen LogP contribution in [0, 0.1) is 0 Å². The molecule has 3 rings (SSSR count). The number of pyridine rings is 1. The molecule has 0 saturated carbocycles. The van der Waals surface area contributed by atoms with Crippen LogP contribution < -0.4 is 10.7 Å². The number of hydrogen-bond acceptors (Lipinski definition) is 3. The summed E-state index contributed by atoms with van der Waals surface area (Å²) in [5.74, 6) is -0.563. The van der Waals surface area contributed by atoms with Crippen molar-refractivity contribution in [1.29, 1.82) is 0 Å². The number of aromatic amines is 1. The minimum atomic E-state index is -0.563. The van der Waals surface area contributed by atoms with Gasteiger partial charge in [0, 0.05) is 39.9 Å². The highest BCUT2D eigenvalue weighted by molar-refractivity contribution is 6.31. The molecule has 0 aliphatic carbocycles. The second-order valence-electron chi connectivity index (χ2n) is 6.30. The zero-order valence-corrected chi connectivity index (χ0v) is 16.4. The molecule has 2 aromatic carbocycles. The number of H-pyrrole nitrogens is 1. The molecule has 0 aliphatic rings. The van der Waals surface area contributed by atoms with Crippen LogP contribution in [-0.4, -0.2) is 22.4 Å². The van der Waals surface area contributed by atoms with Crippen molar-refractivity contribution in [3.05, 3.63) is 80.6 Å². The lowest BCUT2D eigenvalue weighted by Crippen LogP contribution is -2.27. The summed E-state index contributed by atoms with van der Waals surface area (Å²) < 4.78 is 1.02. The fourth-order valence-corrected chi connectivity index (χ4v) is 3.24. The van der Waals surface area contributed by atoms with E-state index in [-0.39, 0.29) is 18.2 Å². The van der Waals surface area contributed by atoms with E-state index < -0.39 is 11.3 Å². The van der Waals surface area contributed by atoms with E-state index in [4.69, 9.17) is 23.4 Å². The van der Waals surface area contributed by atoms with Crippen molar-refractivity contribution in [2.45, 2.75) is 19.5 Å². The maximum absolute atomic E-state index is 12.7. The fourth-order valence-electron chi connectivity index (χ4n) is 2.84. The Balaban J connectivity index is 1.87. The molecule has 1 atom stereocenters. The third kappa shape index (κ3) is 4.16. The van der Waals surface area contributed by atoms with Gasteiger partial charge in [0.2, 0.25) is 5.43 Å². The van der Waals surface area contributed by atoms with Crippen molar-refractivity contribution < 1.29 is 4.79 Å². The maximum Gasteiger partial charge on any atom is 0.274 e. The Bertz CT molecular complexity index is 1050. The van der Waals surface area contributed by atoms with E-state index in [9.17, 15) is 9.59 Å². The van der Waals surface area contributed by atoms with E-state index in [1.54, 1.807) is 12.1 Å². The number of hydrogen-bond donors (Lipinski definition) is 2. The van der Waals surface area contributed by atoms with Crippen molar-refractivity contribution in [3.63, 3.8) is 0 Å². The summed E-state index contributed by atoms with van der Waals surface area (Å²) in [5.41, 5.74) is 2.14. The minimum absolute atomic E-state index is 0.0282. The number of carbonyl (C=O) groups is 1. The predicted molar refractivity (Wildman–Crippen MR) is 109 cm³/mol. The van der Waals surface area contributed by atoms with Crippen LogP contribution in [0.5, 0.6) is 0 Å². The van der Waals surface area contributed by atoms with E-state index in [1.807, 2.05) is 38.2 Å². The molecule has 1 amide bonds. The summed E-state index contributed by atoms with van der Waals surface area (Å²) >= 11 is 12.2. The number of amides is 1. The number of rotatable bonds is 5. The number of nitrogens with one attached hydrogen (secondary N) is 2. The van der Waals surface area contributed by atoms with Gasteiger partial charge in [0.25, 0.3) is 5.91 Å². The molecule has 0 radical (unpaired) electrons. The molecule has 0 spiro atoms. The first-order chi connectivity index (χ1) is 12.9. The Morgan fingerprint density at radius 2 is 2.04 bits per heavy atom. The van der Waals surface area contributed by atoms with Gasteiger partial charge in [-0.05, 0) is 43.3 Å². The summed E-state index contributed by atoms with van der Waals surface area (Å²) in [4.78, 5) is 28.3. The Morgan fingerprint density at radius 1 is 1.26 bits per heavy atom. The van der Waals surface area contributed by atoms with Gasteiger partial charge in [-0.3, -0.25) is 9.59 Å². The molecule has 0 aliphatic heterocycles. The van der Waals surface area contributed by atoms with Crippen molar-refractivity contribution >= 4 is 40.2 Å². The molecular formula is C20H19Cl2N3O2. The van der Waals surface area contributed by atoms with Crippen LogP contribution in [0.2, 0.25) is 5.02 Å². The van der Waals surface area contributed by atoms with Gasteiger partial charge in [0.1, 0.15) is 5.56 Å². The van der Waals surface area contributed by atoms with Crippen LogP contribution in [0.4, 0.5) is 0 Å². The van der Waals surface area contributed by atoms with Gasteiger partial charge in [-0.2, -0.15) is 0 Å². The van der Waals surface area contributed by atoms with Crippen molar-refractivity contribution in [2.75, 3.05) is 7.05 Å². The normalized spacial score (nSPS) is 12.1. The molecule has 1 aromatic heterocycles. The summed E-state index contributed by atoms with van der Waals surface area (Å²) in [7, 11) is 1.88. The standard InChI is InChI=1S/C20H19Cl2N3O2/c1-12(23-2)14-5-3-4-13(8-14)11-25(22)20(27)17-10-24-18-7-6-15(21)9-16(18)19(17)26/h3-10,12,23H,11H2,1-2H3,(H,24,26). The van der Waals surface area contributed by atoms with Gasteiger partial charge >= 0.3 is 0 Å². The Hall–Kier alpha value is -2.34. The van der Waals surface area contributed by atoms with Crippen molar-refractivity contribution in [2.24, 2.45) is 0 Å². The number of aromatic nitrogens is 1. The number of halogens is 2. The number of carbonyl (C=O) groups excluding carboxylic acids is 1. The van der Waals surface area contributed by atoms with Gasteiger partial charge in [0.15, 0.2) is 0 Å². The average Bonchev–Trinajstić information content (AvgIpc) is 2.67. The van der Waals surface area contributed by atoms with E-state index in [0.29, 0.717) is 15.9 Å². The third-order valence-corrected chi connectivity index (χ3v) is 5.01. The smallest absolute Gasteiger partial charge is 0.274 e. The summed E-state index contributed by atoms with van der Waals surface area (Å²) in [6, 6.07) is 12.9. The molecular weight excluding hydrogens is 385 g/mol. The molecule has 2 N–H and O–H groups in total. The van der Waals surface area contributed by atoms with E-state index in [0.717, 1.165) is 15.5 Å². The molecule has 3 aromatic rings. The van der Waals surface area contributed by atoms with Crippen LogP contribution in [-0.2, 0) is 6.54 Å². The lowest BCUT2D eigenvalue weighted by atomic mass is 10.1. The highest BCUT2D eigenvalue weighted by atomic mass is 35.5. The number of nitrogens with zero attached hydrogens (tertiary/aromatic N) is 1. The fraction of sp³-hybridized carbons (Fsp3) is 0.200. The van der Waals surface area contributed by atoms with Crippen LogP contribution in [0.25, 0.3) is 10.9 Å². The first-order valence-corrected chi connectivity index (χ1v) is 9.17. The van der Waals surface area contributed by atoms with Gasteiger partial charge in [0.05, 0.1) is 6.54 Å². The summed E-state index contributed by atoms with van der Waals surface area (Å²) in [5, 5.41) is 3.95. The largest absolute Gasteiger partial charge is 0.360 e. The molecule has 0 saturated heterocycles. The Kier molecular flexibility index (Phi) is 5.85. The monoisotopic (exact) mass is 403 g/mol. The van der Waals surface area contributed by atoms with Gasteiger partial charge in [-0.15, -0.1) is 0 Å². The SMILES string of the molecule is CNC(C)c1cccc(CN(Cl)C(=O)c2c[nH]c3ccc(Cl)cc3c2=O)c1. The number of fused-ring (bicyclic) bond motifs is 1. The zero-order valence-electron chi connectivity index (χ0n) is 14.9. The Labute approximate surface area is 167 Å². The second kappa shape index (κ2) is 8.13. The molecule has 1 unspecified atom stereocenters. The van der Waals surface area contributed by atoms with E-state index >= 15 is 0 Å².